The quantitative estimate of drug-likeness (QED) is 0.751. The number of carbonyl (C=O) groups excluding carboxylic acids is 3. The second-order valence-corrected chi connectivity index (χ2v) is 6.94. The van der Waals surface area contributed by atoms with E-state index in [0.717, 1.165) is 27.8 Å². The smallest absolute Gasteiger partial charge is 0.294 e. The predicted octanol–water partition coefficient (Wildman–Crippen LogP) is 2.79. The van der Waals surface area contributed by atoms with Gasteiger partial charge in [-0.05, 0) is 47.5 Å². The van der Waals surface area contributed by atoms with Crippen molar-refractivity contribution in [3.8, 4) is 5.75 Å². The highest BCUT2D eigenvalue weighted by Crippen LogP contribution is 2.31. The summed E-state index contributed by atoms with van der Waals surface area (Å²) in [5.41, 5.74) is 1.78. The van der Waals surface area contributed by atoms with Gasteiger partial charge < -0.3 is 10.4 Å². The molecule has 0 atom stereocenters. The summed E-state index contributed by atoms with van der Waals surface area (Å²) in [5, 5.41) is 11.5. The minimum Gasteiger partial charge on any atom is -0.508 e. The highest BCUT2D eigenvalue weighted by molar-refractivity contribution is 8.18. The first-order valence-corrected chi connectivity index (χ1v) is 9.19. The minimum absolute atomic E-state index is 0.186. The van der Waals surface area contributed by atoms with Gasteiger partial charge in [-0.2, -0.15) is 0 Å². The molecule has 6 nitrogen and oxygen atoms in total. The van der Waals surface area contributed by atoms with E-state index in [-0.39, 0.29) is 12.3 Å². The van der Waals surface area contributed by atoms with Crippen LogP contribution in [0.1, 0.15) is 11.1 Å². The van der Waals surface area contributed by atoms with E-state index in [1.54, 1.807) is 30.3 Å². The van der Waals surface area contributed by atoms with Crippen molar-refractivity contribution in [2.75, 3.05) is 13.1 Å². The van der Waals surface area contributed by atoms with Crippen LogP contribution < -0.4 is 5.32 Å². The van der Waals surface area contributed by atoms with Gasteiger partial charge in [0.1, 0.15) is 12.3 Å². The van der Waals surface area contributed by atoms with Crippen LogP contribution in [0.5, 0.6) is 5.75 Å². The summed E-state index contributed by atoms with van der Waals surface area (Å²) in [6, 6.07) is 15.9. The molecule has 0 unspecified atom stereocenters. The number of hydrogen-bond acceptors (Lipinski definition) is 5. The van der Waals surface area contributed by atoms with E-state index in [1.807, 2.05) is 30.3 Å². The zero-order valence-electron chi connectivity index (χ0n) is 14.4. The lowest BCUT2D eigenvalue weighted by molar-refractivity contribution is -0.129. The molecule has 0 bridgehead atoms. The van der Waals surface area contributed by atoms with Gasteiger partial charge in [0.25, 0.3) is 11.1 Å². The monoisotopic (exact) mass is 382 g/mol. The number of carbonyl (C=O) groups is 3. The van der Waals surface area contributed by atoms with Gasteiger partial charge in [-0.15, -0.1) is 0 Å². The molecule has 3 rings (SSSR count). The van der Waals surface area contributed by atoms with Crippen LogP contribution in [0.4, 0.5) is 4.79 Å². The van der Waals surface area contributed by atoms with Gasteiger partial charge in [-0.25, -0.2) is 0 Å². The van der Waals surface area contributed by atoms with Gasteiger partial charge >= 0.3 is 0 Å². The molecule has 0 aliphatic carbocycles. The van der Waals surface area contributed by atoms with Crippen LogP contribution in [0.2, 0.25) is 0 Å². The van der Waals surface area contributed by atoms with E-state index in [0.29, 0.717) is 17.9 Å². The van der Waals surface area contributed by atoms with Crippen molar-refractivity contribution in [2.24, 2.45) is 0 Å². The first-order valence-electron chi connectivity index (χ1n) is 8.38. The number of aromatic hydroxyl groups is 1. The van der Waals surface area contributed by atoms with Crippen LogP contribution >= 0.6 is 11.8 Å². The lowest BCUT2D eigenvalue weighted by Crippen LogP contribution is -2.40. The molecular formula is C20H18N2O4S. The standard InChI is InChI=1S/C20H18N2O4S/c23-16-8-6-14(7-9-16)10-11-21-18(24)13-22-19(25)17(27-20(22)26)12-15-4-2-1-3-5-15/h1-9,12,23H,10-11,13H2,(H,21,24)/b17-12-. The molecule has 27 heavy (non-hydrogen) atoms. The molecule has 0 spiro atoms. The van der Waals surface area contributed by atoms with Crippen molar-refractivity contribution >= 4 is 34.9 Å². The highest BCUT2D eigenvalue weighted by atomic mass is 32.2. The molecule has 1 saturated heterocycles. The molecule has 1 fully saturated rings. The number of rotatable bonds is 6. The van der Waals surface area contributed by atoms with E-state index in [2.05, 4.69) is 5.32 Å². The number of nitrogens with zero attached hydrogens (tertiary/aromatic N) is 1. The van der Waals surface area contributed by atoms with Gasteiger partial charge in [0.15, 0.2) is 0 Å². The van der Waals surface area contributed by atoms with E-state index >= 15 is 0 Å². The molecule has 2 aromatic rings. The third kappa shape index (κ3) is 4.98. The number of thioether (sulfide) groups is 1. The van der Waals surface area contributed by atoms with Gasteiger partial charge in [0, 0.05) is 6.54 Å². The number of amides is 3. The zero-order valence-corrected chi connectivity index (χ0v) is 15.2. The van der Waals surface area contributed by atoms with E-state index in [1.165, 1.54) is 0 Å². The largest absolute Gasteiger partial charge is 0.508 e. The lowest BCUT2D eigenvalue weighted by Gasteiger charge is -2.12. The number of phenolic OH excluding ortho intramolecular Hbond substituents is 1. The van der Waals surface area contributed by atoms with Crippen molar-refractivity contribution in [1.82, 2.24) is 10.2 Å². The van der Waals surface area contributed by atoms with Crippen molar-refractivity contribution in [3.63, 3.8) is 0 Å². The summed E-state index contributed by atoms with van der Waals surface area (Å²) in [7, 11) is 0. The number of benzene rings is 2. The zero-order chi connectivity index (χ0) is 19.2. The topological polar surface area (TPSA) is 86.7 Å². The molecule has 1 heterocycles. The van der Waals surface area contributed by atoms with Crippen molar-refractivity contribution in [1.29, 1.82) is 0 Å². The summed E-state index contributed by atoms with van der Waals surface area (Å²) < 4.78 is 0. The Morgan fingerprint density at radius 2 is 1.78 bits per heavy atom. The molecule has 2 aromatic carbocycles. The first kappa shape index (κ1) is 18.7. The first-order chi connectivity index (χ1) is 13.0. The van der Waals surface area contributed by atoms with Gasteiger partial charge in [0.05, 0.1) is 4.91 Å². The van der Waals surface area contributed by atoms with Crippen LogP contribution in [-0.4, -0.2) is 40.1 Å². The maximum absolute atomic E-state index is 12.4. The highest BCUT2D eigenvalue weighted by Gasteiger charge is 2.36. The number of imide groups is 1. The molecular weight excluding hydrogens is 364 g/mol. The van der Waals surface area contributed by atoms with E-state index < -0.39 is 17.1 Å². The fourth-order valence-electron chi connectivity index (χ4n) is 2.55. The summed E-state index contributed by atoms with van der Waals surface area (Å²) in [4.78, 5) is 37.8. The maximum Gasteiger partial charge on any atom is 0.294 e. The molecule has 0 saturated carbocycles. The summed E-state index contributed by atoms with van der Waals surface area (Å²) >= 11 is 0.836. The van der Waals surface area contributed by atoms with Crippen LogP contribution in [0.3, 0.4) is 0 Å². The Kier molecular flexibility index (Phi) is 5.93. The molecule has 138 valence electrons. The number of hydrogen-bond donors (Lipinski definition) is 2. The SMILES string of the molecule is O=C(CN1C(=O)S/C(=C\c2ccccc2)C1=O)NCCc1ccc(O)cc1. The fourth-order valence-corrected chi connectivity index (χ4v) is 3.38. The Bertz CT molecular complexity index is 879. The molecule has 2 N–H and O–H groups in total. The Labute approximate surface area is 160 Å². The Hall–Kier alpha value is -3.06. The molecule has 7 heteroatoms. The second kappa shape index (κ2) is 8.55. The predicted molar refractivity (Wildman–Crippen MR) is 104 cm³/mol. The fraction of sp³-hybridized carbons (Fsp3) is 0.150. The average Bonchev–Trinajstić information content (AvgIpc) is 2.92. The van der Waals surface area contributed by atoms with Crippen LogP contribution in [0.25, 0.3) is 6.08 Å². The van der Waals surface area contributed by atoms with Crippen LogP contribution in [0, 0.1) is 0 Å². The van der Waals surface area contributed by atoms with Crippen molar-refractivity contribution in [3.05, 3.63) is 70.6 Å². The van der Waals surface area contributed by atoms with Crippen LogP contribution in [0.15, 0.2) is 59.5 Å². The molecule has 1 aliphatic rings. The molecule has 0 aromatic heterocycles. The van der Waals surface area contributed by atoms with E-state index in [4.69, 9.17) is 0 Å². The van der Waals surface area contributed by atoms with Gasteiger partial charge in [-0.1, -0.05) is 42.5 Å². The summed E-state index contributed by atoms with van der Waals surface area (Å²) in [6.45, 7) is 0.0755. The number of nitrogens with one attached hydrogen (secondary N) is 1. The lowest BCUT2D eigenvalue weighted by atomic mass is 10.1. The Morgan fingerprint density at radius 1 is 1.07 bits per heavy atom. The Morgan fingerprint density at radius 3 is 2.48 bits per heavy atom. The van der Waals surface area contributed by atoms with E-state index in [9.17, 15) is 19.5 Å². The second-order valence-electron chi connectivity index (χ2n) is 5.94. The molecule has 3 amide bonds. The minimum atomic E-state index is -0.456. The average molecular weight is 382 g/mol. The molecule has 1 aliphatic heterocycles. The number of phenols is 1. The van der Waals surface area contributed by atoms with Crippen LogP contribution in [-0.2, 0) is 16.0 Å². The third-order valence-corrected chi connectivity index (χ3v) is 4.85. The Balaban J connectivity index is 1.53. The normalized spacial score (nSPS) is 15.4. The van der Waals surface area contributed by atoms with Crippen molar-refractivity contribution in [2.45, 2.75) is 6.42 Å². The summed E-state index contributed by atoms with van der Waals surface area (Å²) in [6.07, 6.45) is 2.23. The summed E-state index contributed by atoms with van der Waals surface area (Å²) in [5.74, 6) is -0.662. The third-order valence-electron chi connectivity index (χ3n) is 3.94. The van der Waals surface area contributed by atoms with Gasteiger partial charge in [-0.3, -0.25) is 19.3 Å². The van der Waals surface area contributed by atoms with Gasteiger partial charge in [0.2, 0.25) is 5.91 Å². The molecule has 0 radical (unpaired) electrons. The maximum atomic E-state index is 12.4. The van der Waals surface area contributed by atoms with Crippen molar-refractivity contribution < 1.29 is 19.5 Å².